The Balaban J connectivity index is 0.973. The fourth-order valence-corrected chi connectivity index (χ4v) is 9.63. The summed E-state index contributed by atoms with van der Waals surface area (Å²) in [5, 5.41) is 26.3. The second kappa shape index (κ2) is 20.8. The largest absolute Gasteiger partial charge is 0.497 e. The lowest BCUT2D eigenvalue weighted by Gasteiger charge is -2.37. The van der Waals surface area contributed by atoms with Crippen molar-refractivity contribution in [2.45, 2.75) is 43.4 Å². The van der Waals surface area contributed by atoms with E-state index in [9.17, 15) is 24.8 Å². The summed E-state index contributed by atoms with van der Waals surface area (Å²) in [5.41, 5.74) is 3.92. The van der Waals surface area contributed by atoms with E-state index in [-0.39, 0.29) is 83.5 Å². The standard InChI is InChI=1S/C56H50N6O12/c1-68-38-22-16-35(17-23-38)56(34-10-6-5-7-11-34,36-18-24-39(69-2)25-19-36)73-31-46-44(63)29-47(74-46)61-32-58-49-53(61)59-55(60-54(49)72-27-26-33-14-20-37(21-15-33)62(66)67)57-30-43-45(70-3)28-42-48(52(43)71-4)51(65)41-13-9-8-12-40(41)50(42)64/h5-25,28,32,44,46-47,63H,26-27,29-31H2,1-4H3,(H,57,59,60)/t44-,46+,47+/m0/s1. The number of ketones is 2. The molecule has 0 amide bonds. The van der Waals surface area contributed by atoms with Crippen molar-refractivity contribution in [3.8, 4) is 28.9 Å². The number of nitro groups is 1. The summed E-state index contributed by atoms with van der Waals surface area (Å²) in [6.07, 6.45) is -0.514. The van der Waals surface area contributed by atoms with Gasteiger partial charge in [-0.15, -0.1) is 0 Å². The number of benzene rings is 6. The molecule has 376 valence electrons. The van der Waals surface area contributed by atoms with Crippen LogP contribution in [0.15, 0.2) is 140 Å². The molecule has 10 rings (SSSR count). The van der Waals surface area contributed by atoms with E-state index in [1.54, 1.807) is 61.5 Å². The van der Waals surface area contributed by atoms with Crippen LogP contribution in [0.4, 0.5) is 11.6 Å². The van der Waals surface area contributed by atoms with Gasteiger partial charge in [-0.3, -0.25) is 24.3 Å². The van der Waals surface area contributed by atoms with Gasteiger partial charge < -0.3 is 43.6 Å². The normalized spacial score (nSPS) is 16.1. The summed E-state index contributed by atoms with van der Waals surface area (Å²) in [6, 6.07) is 39.5. The number of imidazole rings is 1. The topological polar surface area (TPSA) is 218 Å². The number of aliphatic hydroxyl groups is 1. The molecule has 0 radical (unpaired) electrons. The van der Waals surface area contributed by atoms with E-state index in [0.717, 1.165) is 22.3 Å². The number of non-ortho nitro benzene ring substituents is 1. The maximum Gasteiger partial charge on any atom is 0.269 e. The van der Waals surface area contributed by atoms with E-state index < -0.39 is 29.0 Å². The number of carbonyl (C=O) groups is 2. The summed E-state index contributed by atoms with van der Waals surface area (Å²) >= 11 is 0. The molecule has 8 aromatic rings. The molecule has 0 bridgehead atoms. The van der Waals surface area contributed by atoms with Gasteiger partial charge in [0.15, 0.2) is 22.7 Å². The van der Waals surface area contributed by atoms with Crippen LogP contribution in [-0.4, -0.2) is 95.0 Å². The number of aromatic nitrogens is 4. The Kier molecular flexibility index (Phi) is 13.7. The van der Waals surface area contributed by atoms with Crippen LogP contribution >= 0.6 is 0 Å². The van der Waals surface area contributed by atoms with E-state index in [2.05, 4.69) is 10.3 Å². The number of aliphatic hydroxyl groups excluding tert-OH is 1. The van der Waals surface area contributed by atoms with Crippen molar-refractivity contribution in [2.75, 3.05) is 47.0 Å². The number of carbonyl (C=O) groups excluding carboxylic acids is 2. The molecule has 1 saturated heterocycles. The Morgan fingerprint density at radius 2 is 1.41 bits per heavy atom. The number of methoxy groups -OCH3 is 4. The Morgan fingerprint density at radius 3 is 2.03 bits per heavy atom. The van der Waals surface area contributed by atoms with Gasteiger partial charge in [-0.2, -0.15) is 9.97 Å². The Hall–Kier alpha value is -8.71. The summed E-state index contributed by atoms with van der Waals surface area (Å²) in [7, 11) is 6.10. The zero-order valence-corrected chi connectivity index (χ0v) is 40.7. The number of nitrogens with zero attached hydrogens (tertiary/aromatic N) is 5. The van der Waals surface area contributed by atoms with Crippen LogP contribution < -0.4 is 29.0 Å². The van der Waals surface area contributed by atoms with Crippen LogP contribution in [0.5, 0.6) is 28.9 Å². The maximum absolute atomic E-state index is 14.0. The lowest BCUT2D eigenvalue weighted by Crippen LogP contribution is -2.38. The van der Waals surface area contributed by atoms with Crippen LogP contribution in [0.25, 0.3) is 11.2 Å². The average molecular weight is 999 g/mol. The number of hydrogen-bond donors (Lipinski definition) is 2. The minimum absolute atomic E-state index is 0.0283. The molecule has 0 spiro atoms. The third-order valence-electron chi connectivity index (χ3n) is 13.4. The molecule has 2 N–H and O–H groups in total. The second-order valence-electron chi connectivity index (χ2n) is 17.5. The van der Waals surface area contributed by atoms with Gasteiger partial charge in [0, 0.05) is 41.7 Å². The third kappa shape index (κ3) is 9.10. The second-order valence-corrected chi connectivity index (χ2v) is 17.5. The van der Waals surface area contributed by atoms with Crippen molar-refractivity contribution in [1.82, 2.24) is 19.5 Å². The van der Waals surface area contributed by atoms with E-state index >= 15 is 0 Å². The molecular weight excluding hydrogens is 949 g/mol. The lowest BCUT2D eigenvalue weighted by molar-refractivity contribution is -0.384. The molecular formula is C56H50N6O12. The molecule has 6 aromatic carbocycles. The first-order chi connectivity index (χ1) is 36.0. The molecule has 0 saturated carbocycles. The number of nitro benzene ring substituents is 1. The Bertz CT molecular complexity index is 3320. The van der Waals surface area contributed by atoms with Gasteiger partial charge in [0.1, 0.15) is 40.9 Å². The number of rotatable bonds is 19. The number of fused-ring (bicyclic) bond motifs is 3. The van der Waals surface area contributed by atoms with Crippen molar-refractivity contribution in [3.63, 3.8) is 0 Å². The summed E-state index contributed by atoms with van der Waals surface area (Å²) in [5.74, 6) is 1.30. The third-order valence-corrected chi connectivity index (χ3v) is 13.4. The van der Waals surface area contributed by atoms with Crippen molar-refractivity contribution in [2.24, 2.45) is 0 Å². The first-order valence-electron chi connectivity index (χ1n) is 23.7. The van der Waals surface area contributed by atoms with Gasteiger partial charge in [-0.05, 0) is 52.6 Å². The summed E-state index contributed by atoms with van der Waals surface area (Å²) in [6.45, 7) is 0.0400. The van der Waals surface area contributed by atoms with E-state index in [0.29, 0.717) is 40.2 Å². The van der Waals surface area contributed by atoms with Crippen molar-refractivity contribution in [1.29, 1.82) is 0 Å². The zero-order valence-electron chi connectivity index (χ0n) is 40.7. The quantitative estimate of drug-likeness (QED) is 0.0441. The van der Waals surface area contributed by atoms with Crippen molar-refractivity contribution in [3.05, 3.63) is 200 Å². The fourth-order valence-electron chi connectivity index (χ4n) is 9.63. The molecule has 0 unspecified atom stereocenters. The van der Waals surface area contributed by atoms with Crippen LogP contribution in [0.3, 0.4) is 0 Å². The number of ether oxygens (including phenoxy) is 7. The molecule has 1 fully saturated rings. The van der Waals surface area contributed by atoms with Crippen molar-refractivity contribution < 1.29 is 52.8 Å². The maximum atomic E-state index is 14.0. The summed E-state index contributed by atoms with van der Waals surface area (Å²) < 4.78 is 44.5. The average Bonchev–Trinajstić information content (AvgIpc) is 4.05. The Morgan fingerprint density at radius 1 is 0.770 bits per heavy atom. The predicted molar refractivity (Wildman–Crippen MR) is 271 cm³/mol. The van der Waals surface area contributed by atoms with Gasteiger partial charge in [0.25, 0.3) is 5.69 Å². The minimum atomic E-state index is -1.17. The molecule has 3 heterocycles. The van der Waals surface area contributed by atoms with E-state index in [4.69, 9.17) is 43.1 Å². The van der Waals surface area contributed by atoms with Gasteiger partial charge in [-0.1, -0.05) is 91.0 Å². The SMILES string of the molecule is COc1ccc(C(OC[C@H]2O[C@@H](n3cnc4c(OCCc5ccc([N+](=O)[O-])cc5)nc(NCc5c(OC)cc6c(c5OC)C(=O)c5ccccc5C6=O)nc43)C[C@@H]2O)(c2ccccc2)c2ccc(OC)cc2)cc1. The van der Waals surface area contributed by atoms with Crippen LogP contribution in [0.1, 0.15) is 72.3 Å². The van der Waals surface area contributed by atoms with Crippen LogP contribution in [0.2, 0.25) is 0 Å². The van der Waals surface area contributed by atoms with Crippen molar-refractivity contribution >= 4 is 34.4 Å². The van der Waals surface area contributed by atoms with Gasteiger partial charge in [-0.25, -0.2) is 4.98 Å². The summed E-state index contributed by atoms with van der Waals surface area (Å²) in [4.78, 5) is 52.9. The Labute approximate surface area is 424 Å². The molecule has 74 heavy (non-hydrogen) atoms. The highest BCUT2D eigenvalue weighted by Gasteiger charge is 2.43. The first-order valence-corrected chi connectivity index (χ1v) is 23.7. The fraction of sp³-hybridized carbons (Fsp3) is 0.232. The molecule has 1 aliphatic heterocycles. The molecule has 1 aliphatic carbocycles. The smallest absolute Gasteiger partial charge is 0.269 e. The molecule has 3 atom stereocenters. The van der Waals surface area contributed by atoms with Crippen LogP contribution in [-0.2, 0) is 28.0 Å². The highest BCUT2D eigenvalue weighted by Crippen LogP contribution is 2.44. The monoisotopic (exact) mass is 998 g/mol. The van der Waals surface area contributed by atoms with Gasteiger partial charge >= 0.3 is 0 Å². The van der Waals surface area contributed by atoms with Crippen LogP contribution in [0, 0.1) is 10.1 Å². The predicted octanol–water partition coefficient (Wildman–Crippen LogP) is 8.44. The number of anilines is 1. The highest BCUT2D eigenvalue weighted by molar-refractivity contribution is 6.29. The minimum Gasteiger partial charge on any atom is -0.497 e. The molecule has 18 heteroatoms. The number of nitrogens with one attached hydrogen (secondary N) is 1. The zero-order chi connectivity index (χ0) is 51.5. The lowest BCUT2D eigenvalue weighted by atomic mass is 9.80. The molecule has 2 aliphatic rings. The van der Waals surface area contributed by atoms with Gasteiger partial charge in [0.05, 0.1) is 76.7 Å². The molecule has 18 nitrogen and oxygen atoms in total. The van der Waals surface area contributed by atoms with E-state index in [1.807, 2.05) is 78.9 Å². The van der Waals surface area contributed by atoms with Gasteiger partial charge in [0.2, 0.25) is 11.8 Å². The highest BCUT2D eigenvalue weighted by atomic mass is 16.6. The van der Waals surface area contributed by atoms with E-state index in [1.165, 1.54) is 32.4 Å². The first kappa shape index (κ1) is 48.9. The number of hydrogen-bond acceptors (Lipinski definition) is 16. The molecule has 2 aromatic heterocycles.